The smallest absolute Gasteiger partial charge is 0.318 e. The first-order valence-electron chi connectivity index (χ1n) is 8.00. The van der Waals surface area contributed by atoms with Gasteiger partial charge in [0.1, 0.15) is 5.84 Å². The Kier molecular flexibility index (Phi) is 4.78. The van der Waals surface area contributed by atoms with Crippen molar-refractivity contribution in [1.29, 1.82) is 5.41 Å². The van der Waals surface area contributed by atoms with Gasteiger partial charge in [0.25, 0.3) is 0 Å². The van der Waals surface area contributed by atoms with E-state index < -0.39 is 5.97 Å². The molecule has 1 aliphatic rings. The summed E-state index contributed by atoms with van der Waals surface area (Å²) in [4.78, 5) is 24.1. The van der Waals surface area contributed by atoms with Gasteiger partial charge in [0.15, 0.2) is 0 Å². The second kappa shape index (κ2) is 7.18. The molecule has 9 nitrogen and oxygen atoms in total. The van der Waals surface area contributed by atoms with Crippen LogP contribution in [0, 0.1) is 5.41 Å². The molecule has 1 aromatic carbocycles. The summed E-state index contributed by atoms with van der Waals surface area (Å²) in [6.45, 7) is 0.474. The highest BCUT2D eigenvalue weighted by Gasteiger charge is 2.33. The Balaban J connectivity index is 1.77. The van der Waals surface area contributed by atoms with Crippen LogP contribution in [0.2, 0.25) is 0 Å². The van der Waals surface area contributed by atoms with Crippen LogP contribution in [0.3, 0.4) is 0 Å². The molecular formula is C17H18N6O3. The minimum Gasteiger partial charge on any atom is -0.481 e. The van der Waals surface area contributed by atoms with E-state index >= 15 is 0 Å². The third-order valence-corrected chi connectivity index (χ3v) is 4.17. The van der Waals surface area contributed by atoms with Crippen LogP contribution >= 0.6 is 0 Å². The number of aromatic nitrogens is 2. The van der Waals surface area contributed by atoms with Gasteiger partial charge in [-0.3, -0.25) is 10.2 Å². The number of hydrogen-bond acceptors (Lipinski definition) is 5. The van der Waals surface area contributed by atoms with Crippen molar-refractivity contribution in [2.24, 2.45) is 5.73 Å². The van der Waals surface area contributed by atoms with Crippen LogP contribution in [0.1, 0.15) is 23.7 Å². The van der Waals surface area contributed by atoms with Crippen LogP contribution in [0.15, 0.2) is 36.4 Å². The number of rotatable bonds is 6. The van der Waals surface area contributed by atoms with Crippen LogP contribution in [-0.4, -0.2) is 51.1 Å². The fourth-order valence-corrected chi connectivity index (χ4v) is 2.77. The summed E-state index contributed by atoms with van der Waals surface area (Å²) < 4.78 is 0. The van der Waals surface area contributed by atoms with Crippen molar-refractivity contribution in [3.63, 3.8) is 0 Å². The van der Waals surface area contributed by atoms with Gasteiger partial charge in [-0.15, -0.1) is 0 Å². The Morgan fingerprint density at radius 1 is 1.27 bits per heavy atom. The minimum absolute atomic E-state index is 0.00200. The van der Waals surface area contributed by atoms with Crippen molar-refractivity contribution in [3.05, 3.63) is 47.7 Å². The van der Waals surface area contributed by atoms with Crippen molar-refractivity contribution in [2.75, 3.05) is 13.1 Å². The molecule has 0 radical (unpaired) electrons. The molecule has 2 aromatic rings. The number of benzene rings is 1. The van der Waals surface area contributed by atoms with Gasteiger partial charge in [-0.2, -0.15) is 10.2 Å². The van der Waals surface area contributed by atoms with E-state index in [9.17, 15) is 9.59 Å². The molecule has 1 atom stereocenters. The van der Waals surface area contributed by atoms with Crippen molar-refractivity contribution in [2.45, 2.75) is 12.5 Å². The number of carbonyl (C=O) groups is 2. The van der Waals surface area contributed by atoms with Crippen LogP contribution in [0.5, 0.6) is 0 Å². The van der Waals surface area contributed by atoms with Gasteiger partial charge in [0, 0.05) is 24.2 Å². The number of amides is 2. The third-order valence-electron chi connectivity index (χ3n) is 4.17. The molecule has 2 heterocycles. The normalized spacial score (nSPS) is 16.4. The summed E-state index contributed by atoms with van der Waals surface area (Å²) in [5, 5.41) is 27.3. The summed E-state index contributed by atoms with van der Waals surface area (Å²) in [7, 11) is 0. The molecule has 26 heavy (non-hydrogen) atoms. The van der Waals surface area contributed by atoms with Crippen LogP contribution in [-0.2, 0) is 4.79 Å². The standard InChI is InChI=1S/C17H18N6O3/c18-16(19)11-3-1-10(2-4-11)12-5-6-13(22-21-12)14-9-20-17(26)23(14)8-7-15(24)25/h1-6,14H,7-9H2,(H3,18,19)(H,20,26)(H,24,25). The fourth-order valence-electron chi connectivity index (χ4n) is 2.77. The van der Waals surface area contributed by atoms with Crippen molar-refractivity contribution < 1.29 is 14.7 Å². The fraction of sp³-hybridized carbons (Fsp3) is 0.235. The molecule has 1 aromatic heterocycles. The molecule has 1 aliphatic heterocycles. The van der Waals surface area contributed by atoms with E-state index in [1.54, 1.807) is 36.4 Å². The lowest BCUT2D eigenvalue weighted by atomic mass is 10.1. The van der Waals surface area contributed by atoms with Crippen molar-refractivity contribution in [3.8, 4) is 11.3 Å². The van der Waals surface area contributed by atoms with Crippen molar-refractivity contribution >= 4 is 17.8 Å². The Hall–Kier alpha value is -3.49. The molecule has 134 valence electrons. The van der Waals surface area contributed by atoms with Crippen LogP contribution in [0.4, 0.5) is 4.79 Å². The first-order chi connectivity index (χ1) is 12.5. The Morgan fingerprint density at radius 3 is 2.58 bits per heavy atom. The van der Waals surface area contributed by atoms with E-state index in [1.165, 1.54) is 4.90 Å². The Morgan fingerprint density at radius 2 is 2.00 bits per heavy atom. The number of carboxylic acids is 1. The molecule has 0 saturated carbocycles. The summed E-state index contributed by atoms with van der Waals surface area (Å²) in [5.41, 5.74) is 8.15. The lowest BCUT2D eigenvalue weighted by molar-refractivity contribution is -0.137. The summed E-state index contributed by atoms with van der Waals surface area (Å²) in [6, 6.07) is 10.0. The average Bonchev–Trinajstić information content (AvgIpc) is 3.01. The van der Waals surface area contributed by atoms with E-state index in [2.05, 4.69) is 15.5 Å². The van der Waals surface area contributed by atoms with Gasteiger partial charge in [0.2, 0.25) is 0 Å². The predicted octanol–water partition coefficient (Wildman–Crippen LogP) is 0.969. The monoisotopic (exact) mass is 354 g/mol. The second-order valence-corrected chi connectivity index (χ2v) is 5.87. The highest BCUT2D eigenvalue weighted by molar-refractivity contribution is 5.95. The first-order valence-corrected chi connectivity index (χ1v) is 8.00. The molecule has 0 bridgehead atoms. The summed E-state index contributed by atoms with van der Waals surface area (Å²) in [6.07, 6.45) is -0.127. The van der Waals surface area contributed by atoms with E-state index in [4.69, 9.17) is 16.2 Å². The molecule has 1 fully saturated rings. The first kappa shape index (κ1) is 17.3. The minimum atomic E-state index is -0.959. The lowest BCUT2D eigenvalue weighted by Crippen LogP contribution is -2.32. The number of nitrogens with zero attached hydrogens (tertiary/aromatic N) is 3. The van der Waals surface area contributed by atoms with Crippen LogP contribution in [0.25, 0.3) is 11.3 Å². The largest absolute Gasteiger partial charge is 0.481 e. The SMILES string of the molecule is N=C(N)c1ccc(-c2ccc(C3CNC(=O)N3CCC(=O)O)nn2)cc1. The molecular weight excluding hydrogens is 336 g/mol. The lowest BCUT2D eigenvalue weighted by Gasteiger charge is -2.21. The molecule has 1 saturated heterocycles. The highest BCUT2D eigenvalue weighted by atomic mass is 16.4. The van der Waals surface area contributed by atoms with Gasteiger partial charge in [0.05, 0.1) is 23.9 Å². The number of nitrogens with one attached hydrogen (secondary N) is 2. The maximum absolute atomic E-state index is 11.9. The van der Waals surface area contributed by atoms with Gasteiger partial charge in [-0.1, -0.05) is 24.3 Å². The molecule has 9 heteroatoms. The van der Waals surface area contributed by atoms with E-state index in [-0.39, 0.29) is 30.9 Å². The third kappa shape index (κ3) is 3.61. The number of hydrogen-bond donors (Lipinski definition) is 4. The molecule has 0 aliphatic carbocycles. The maximum Gasteiger partial charge on any atom is 0.318 e. The number of carboxylic acid groups (broad SMARTS) is 1. The van der Waals surface area contributed by atoms with Crippen molar-refractivity contribution in [1.82, 2.24) is 20.4 Å². The Bertz CT molecular complexity index is 835. The van der Waals surface area contributed by atoms with Gasteiger partial charge < -0.3 is 21.1 Å². The van der Waals surface area contributed by atoms with E-state index in [0.29, 0.717) is 23.5 Å². The molecule has 1 unspecified atom stereocenters. The molecule has 0 spiro atoms. The quantitative estimate of drug-likeness (QED) is 0.449. The zero-order valence-electron chi connectivity index (χ0n) is 13.8. The summed E-state index contributed by atoms with van der Waals surface area (Å²) >= 11 is 0. The van der Waals surface area contributed by atoms with E-state index in [1.807, 2.05) is 0 Å². The number of nitrogens with two attached hydrogens (primary N) is 1. The number of nitrogen functional groups attached to an aromatic ring is 1. The molecule has 3 rings (SSSR count). The number of urea groups is 1. The highest BCUT2D eigenvalue weighted by Crippen LogP contribution is 2.24. The average molecular weight is 354 g/mol. The Labute approximate surface area is 149 Å². The predicted molar refractivity (Wildman–Crippen MR) is 93.6 cm³/mol. The van der Waals surface area contributed by atoms with Gasteiger partial charge in [-0.05, 0) is 12.1 Å². The molecule has 5 N–H and O–H groups in total. The maximum atomic E-state index is 11.9. The number of amidine groups is 1. The molecule has 2 amide bonds. The van der Waals surface area contributed by atoms with E-state index in [0.717, 1.165) is 5.56 Å². The van der Waals surface area contributed by atoms with Gasteiger partial charge in [-0.25, -0.2) is 4.79 Å². The van der Waals surface area contributed by atoms with Gasteiger partial charge >= 0.3 is 12.0 Å². The van der Waals surface area contributed by atoms with Crippen LogP contribution < -0.4 is 11.1 Å². The second-order valence-electron chi connectivity index (χ2n) is 5.87. The zero-order valence-corrected chi connectivity index (χ0v) is 13.8. The topological polar surface area (TPSA) is 145 Å². The number of carbonyl (C=O) groups excluding carboxylic acids is 1. The number of aliphatic carboxylic acids is 1. The zero-order chi connectivity index (χ0) is 18.7. The summed E-state index contributed by atoms with van der Waals surface area (Å²) in [5.74, 6) is -0.961.